The van der Waals surface area contributed by atoms with Crippen LogP contribution in [0.25, 0.3) is 0 Å². The van der Waals surface area contributed by atoms with Crippen LogP contribution < -0.4 is 5.73 Å². The first-order chi connectivity index (χ1) is 5.39. The fourth-order valence-electron chi connectivity index (χ4n) is 0.569. The number of hydrogen-bond acceptors (Lipinski definition) is 2. The lowest BCUT2D eigenvalue weighted by molar-refractivity contribution is 1.42. The summed E-state index contributed by atoms with van der Waals surface area (Å²) in [5, 5.41) is 2.84. The van der Waals surface area contributed by atoms with Crippen LogP contribution in [0.2, 0.25) is 0 Å². The minimum atomic E-state index is 0.884. The Morgan fingerprint density at radius 2 is 1.91 bits per heavy atom. The molecule has 11 heavy (non-hydrogen) atoms. The van der Waals surface area contributed by atoms with Gasteiger partial charge in [-0.1, -0.05) is 0 Å². The molecule has 2 aromatic rings. The number of aromatic amines is 1. The molecule has 58 valence electrons. The standard InChI is InChI=1S/C4H5NS.C4H5N/c5-4-2-1-3-6-4;1-2-4-5-3-1/h1-3H,5H2;1-5H. The van der Waals surface area contributed by atoms with Crippen molar-refractivity contribution in [3.63, 3.8) is 0 Å². The Hall–Kier alpha value is -1.22. The number of anilines is 1. The van der Waals surface area contributed by atoms with Crippen LogP contribution in [-0.2, 0) is 0 Å². The molecule has 0 amide bonds. The van der Waals surface area contributed by atoms with E-state index in [2.05, 4.69) is 4.98 Å². The smallest absolute Gasteiger partial charge is 0.0856 e. The average Bonchev–Trinajstić information content (AvgIpc) is 2.57. The van der Waals surface area contributed by atoms with Crippen LogP contribution in [0.5, 0.6) is 0 Å². The Balaban J connectivity index is 0.000000112. The van der Waals surface area contributed by atoms with Crippen molar-refractivity contribution in [2.45, 2.75) is 0 Å². The van der Waals surface area contributed by atoms with Gasteiger partial charge in [0.2, 0.25) is 0 Å². The van der Waals surface area contributed by atoms with Gasteiger partial charge in [0.15, 0.2) is 0 Å². The van der Waals surface area contributed by atoms with E-state index < -0.39 is 0 Å². The number of rotatable bonds is 0. The zero-order chi connectivity index (χ0) is 7.94. The van der Waals surface area contributed by atoms with Crippen molar-refractivity contribution in [1.29, 1.82) is 0 Å². The Labute approximate surface area is 69.7 Å². The molecule has 0 atom stereocenters. The number of nitrogens with one attached hydrogen (secondary N) is 1. The summed E-state index contributed by atoms with van der Waals surface area (Å²) in [5.74, 6) is 0. The quantitative estimate of drug-likeness (QED) is 0.619. The Morgan fingerprint density at radius 1 is 1.18 bits per heavy atom. The molecular weight excluding hydrogens is 156 g/mol. The Kier molecular flexibility index (Phi) is 3.28. The molecule has 0 aromatic carbocycles. The number of nitrogen functional groups attached to an aromatic ring is 1. The summed E-state index contributed by atoms with van der Waals surface area (Å²) in [4.78, 5) is 2.86. The van der Waals surface area contributed by atoms with E-state index in [-0.39, 0.29) is 0 Å². The molecule has 2 rings (SSSR count). The third kappa shape index (κ3) is 3.47. The van der Waals surface area contributed by atoms with Gasteiger partial charge in [-0.2, -0.15) is 0 Å². The highest BCUT2D eigenvalue weighted by atomic mass is 32.1. The van der Waals surface area contributed by atoms with Gasteiger partial charge in [0.1, 0.15) is 0 Å². The lowest BCUT2D eigenvalue weighted by atomic mass is 10.6. The van der Waals surface area contributed by atoms with E-state index in [1.54, 1.807) is 11.3 Å². The fourth-order valence-corrected chi connectivity index (χ4v) is 1.04. The predicted octanol–water partition coefficient (Wildman–Crippen LogP) is 2.34. The Bertz CT molecular complexity index is 230. The minimum Gasteiger partial charge on any atom is -0.391 e. The molecule has 0 aliphatic carbocycles. The van der Waals surface area contributed by atoms with Crippen LogP contribution in [0.4, 0.5) is 5.00 Å². The van der Waals surface area contributed by atoms with Crippen molar-refractivity contribution in [1.82, 2.24) is 4.98 Å². The summed E-state index contributed by atoms with van der Waals surface area (Å²) >= 11 is 1.56. The number of thiophene rings is 1. The third-order valence-electron chi connectivity index (χ3n) is 1.04. The van der Waals surface area contributed by atoms with Crippen molar-refractivity contribution >= 4 is 16.3 Å². The lowest BCUT2D eigenvalue weighted by Crippen LogP contribution is -1.72. The van der Waals surface area contributed by atoms with Gasteiger partial charge < -0.3 is 10.7 Å². The molecule has 3 heteroatoms. The van der Waals surface area contributed by atoms with Crippen LogP contribution in [0, 0.1) is 0 Å². The maximum absolute atomic E-state index is 5.30. The summed E-state index contributed by atoms with van der Waals surface area (Å²) < 4.78 is 0. The van der Waals surface area contributed by atoms with E-state index in [9.17, 15) is 0 Å². The SMILES string of the molecule is Nc1cccs1.c1cc[nH]c1. The second kappa shape index (κ2) is 4.57. The van der Waals surface area contributed by atoms with Crippen LogP contribution in [0.1, 0.15) is 0 Å². The molecule has 0 fully saturated rings. The predicted molar refractivity (Wildman–Crippen MR) is 49.5 cm³/mol. The summed E-state index contributed by atoms with van der Waals surface area (Å²) in [6, 6.07) is 7.70. The first-order valence-electron chi connectivity index (χ1n) is 3.26. The van der Waals surface area contributed by atoms with Crippen molar-refractivity contribution in [2.75, 3.05) is 5.73 Å². The summed E-state index contributed by atoms with van der Waals surface area (Å²) in [7, 11) is 0. The summed E-state index contributed by atoms with van der Waals surface area (Å²) in [5.41, 5.74) is 5.30. The van der Waals surface area contributed by atoms with E-state index in [0.717, 1.165) is 5.00 Å². The van der Waals surface area contributed by atoms with Crippen molar-refractivity contribution < 1.29 is 0 Å². The summed E-state index contributed by atoms with van der Waals surface area (Å²) in [6.45, 7) is 0. The number of hydrogen-bond donors (Lipinski definition) is 2. The molecule has 0 radical (unpaired) electrons. The van der Waals surface area contributed by atoms with E-state index in [1.807, 2.05) is 42.0 Å². The first kappa shape index (κ1) is 7.88. The fraction of sp³-hybridized carbons (Fsp3) is 0. The highest BCUT2D eigenvalue weighted by Crippen LogP contribution is 2.07. The van der Waals surface area contributed by atoms with Gasteiger partial charge in [0.05, 0.1) is 5.00 Å². The van der Waals surface area contributed by atoms with Crippen molar-refractivity contribution in [3.05, 3.63) is 42.0 Å². The van der Waals surface area contributed by atoms with Crippen LogP contribution in [0.15, 0.2) is 42.0 Å². The van der Waals surface area contributed by atoms with Gasteiger partial charge in [-0.3, -0.25) is 0 Å². The normalized spacial score (nSPS) is 8.36. The second-order valence-electron chi connectivity index (χ2n) is 1.90. The maximum Gasteiger partial charge on any atom is 0.0856 e. The number of nitrogens with two attached hydrogens (primary N) is 1. The van der Waals surface area contributed by atoms with Crippen LogP contribution in [0.3, 0.4) is 0 Å². The molecule has 0 saturated carbocycles. The van der Waals surface area contributed by atoms with E-state index in [4.69, 9.17) is 5.73 Å². The number of H-pyrrole nitrogens is 1. The topological polar surface area (TPSA) is 41.8 Å². The molecule has 3 N–H and O–H groups in total. The largest absolute Gasteiger partial charge is 0.391 e. The van der Waals surface area contributed by atoms with Gasteiger partial charge in [-0.15, -0.1) is 11.3 Å². The highest BCUT2D eigenvalue weighted by Gasteiger charge is 1.75. The van der Waals surface area contributed by atoms with Gasteiger partial charge in [-0.05, 0) is 29.6 Å². The molecule has 2 heterocycles. The van der Waals surface area contributed by atoms with E-state index in [0.29, 0.717) is 0 Å². The molecule has 2 aromatic heterocycles. The molecule has 0 saturated heterocycles. The van der Waals surface area contributed by atoms with Crippen molar-refractivity contribution in [2.24, 2.45) is 0 Å². The van der Waals surface area contributed by atoms with Gasteiger partial charge in [0, 0.05) is 12.4 Å². The van der Waals surface area contributed by atoms with Crippen LogP contribution in [-0.4, -0.2) is 4.98 Å². The average molecular weight is 166 g/mol. The third-order valence-corrected chi connectivity index (χ3v) is 1.74. The molecule has 2 nitrogen and oxygen atoms in total. The lowest BCUT2D eigenvalue weighted by Gasteiger charge is -1.68. The van der Waals surface area contributed by atoms with E-state index >= 15 is 0 Å². The highest BCUT2D eigenvalue weighted by molar-refractivity contribution is 7.13. The number of aromatic nitrogens is 1. The zero-order valence-electron chi connectivity index (χ0n) is 6.03. The monoisotopic (exact) mass is 166 g/mol. The van der Waals surface area contributed by atoms with Crippen LogP contribution >= 0.6 is 11.3 Å². The van der Waals surface area contributed by atoms with E-state index in [1.165, 1.54) is 0 Å². The maximum atomic E-state index is 5.30. The molecule has 0 bridgehead atoms. The molecule has 0 spiro atoms. The second-order valence-corrected chi connectivity index (χ2v) is 2.88. The zero-order valence-corrected chi connectivity index (χ0v) is 6.84. The van der Waals surface area contributed by atoms with Crippen molar-refractivity contribution in [3.8, 4) is 0 Å². The van der Waals surface area contributed by atoms with Gasteiger partial charge in [-0.25, -0.2) is 0 Å². The molecule has 0 unspecified atom stereocenters. The van der Waals surface area contributed by atoms with Gasteiger partial charge in [0.25, 0.3) is 0 Å². The first-order valence-corrected chi connectivity index (χ1v) is 4.14. The van der Waals surface area contributed by atoms with Gasteiger partial charge >= 0.3 is 0 Å². The minimum absolute atomic E-state index is 0.884. The Morgan fingerprint density at radius 3 is 2.09 bits per heavy atom. The summed E-state index contributed by atoms with van der Waals surface area (Å²) in [6.07, 6.45) is 3.75. The molecular formula is C8H10N2S. The molecule has 0 aliphatic rings. The molecule has 0 aliphatic heterocycles.